The monoisotopic (exact) mass is 515 g/mol. The van der Waals surface area contributed by atoms with Gasteiger partial charge in [0.15, 0.2) is 0 Å². The van der Waals surface area contributed by atoms with Crippen LogP contribution in [0.15, 0.2) is 58.1 Å². The van der Waals surface area contributed by atoms with E-state index in [0.717, 1.165) is 26.9 Å². The Morgan fingerprint density at radius 3 is 2.46 bits per heavy atom. The summed E-state index contributed by atoms with van der Waals surface area (Å²) < 4.78 is 15.6. The van der Waals surface area contributed by atoms with Crippen molar-refractivity contribution in [1.29, 1.82) is 0 Å². The number of aromatic nitrogens is 2. The molecule has 0 aliphatic rings. The number of halogens is 2. The highest BCUT2D eigenvalue weighted by Gasteiger charge is 2.21. The Hall–Kier alpha value is -3.76. The molecule has 0 fully saturated rings. The number of H-pyrrole nitrogens is 1. The SMILES string of the molecule is CCc1cc2[nH]c(=O)n(-c3ccc(CN(CC(=O)O)C(=O)c4ccc(Cl)s4)cc3)c(=O)c2cc1F. The first-order valence-electron chi connectivity index (χ1n) is 10.5. The number of hydrogen-bond donors (Lipinski definition) is 2. The molecule has 0 bridgehead atoms. The number of hydrogen-bond acceptors (Lipinski definition) is 5. The fourth-order valence-corrected chi connectivity index (χ4v) is 4.72. The summed E-state index contributed by atoms with van der Waals surface area (Å²) in [5.41, 5.74) is 0.108. The molecule has 4 rings (SSSR count). The topological polar surface area (TPSA) is 112 Å². The number of aryl methyl sites for hydroxylation is 1. The van der Waals surface area contributed by atoms with Crippen molar-refractivity contribution in [2.45, 2.75) is 19.9 Å². The zero-order chi connectivity index (χ0) is 25.3. The zero-order valence-corrected chi connectivity index (χ0v) is 20.0. The van der Waals surface area contributed by atoms with Gasteiger partial charge in [-0.3, -0.25) is 14.4 Å². The van der Waals surface area contributed by atoms with Crippen molar-refractivity contribution in [2.75, 3.05) is 6.54 Å². The summed E-state index contributed by atoms with van der Waals surface area (Å²) in [5.74, 6) is -2.18. The minimum Gasteiger partial charge on any atom is -0.480 e. The third-order valence-corrected chi connectivity index (χ3v) is 6.63. The molecule has 2 aromatic carbocycles. The van der Waals surface area contributed by atoms with Gasteiger partial charge in [-0.15, -0.1) is 11.3 Å². The standard InChI is InChI=1S/C24H19ClFN3O5S/c1-2-14-9-18-16(10-17(14)26)22(32)29(24(34)27-18)15-5-3-13(4-6-15)11-28(12-21(30)31)23(33)19-7-8-20(25)35-19/h3-10H,2,11-12H2,1H3,(H,27,34)(H,30,31). The van der Waals surface area contributed by atoms with Crippen LogP contribution in [0, 0.1) is 5.82 Å². The molecule has 0 spiro atoms. The average molecular weight is 516 g/mol. The first-order chi connectivity index (χ1) is 16.7. The second-order valence-corrected chi connectivity index (χ2v) is 9.45. The van der Waals surface area contributed by atoms with Crippen LogP contribution < -0.4 is 11.2 Å². The molecule has 35 heavy (non-hydrogen) atoms. The van der Waals surface area contributed by atoms with E-state index in [1.807, 2.05) is 0 Å². The van der Waals surface area contributed by atoms with Crippen LogP contribution in [-0.2, 0) is 17.8 Å². The van der Waals surface area contributed by atoms with E-state index in [2.05, 4.69) is 4.98 Å². The smallest absolute Gasteiger partial charge is 0.333 e. The number of nitrogens with zero attached hydrogens (tertiary/aromatic N) is 2. The lowest BCUT2D eigenvalue weighted by atomic mass is 10.1. The first-order valence-corrected chi connectivity index (χ1v) is 11.7. The lowest BCUT2D eigenvalue weighted by Gasteiger charge is -2.20. The Labute approximate surface area is 206 Å². The third-order valence-electron chi connectivity index (χ3n) is 5.41. The maximum Gasteiger partial charge on any atom is 0.333 e. The molecule has 0 aliphatic heterocycles. The van der Waals surface area contributed by atoms with Crippen molar-refractivity contribution in [2.24, 2.45) is 0 Å². The molecule has 2 heterocycles. The van der Waals surface area contributed by atoms with Crippen LogP contribution in [-0.4, -0.2) is 38.0 Å². The van der Waals surface area contributed by atoms with Crippen LogP contribution in [0.5, 0.6) is 0 Å². The molecule has 0 unspecified atom stereocenters. The quantitative estimate of drug-likeness (QED) is 0.388. The number of carboxylic acids is 1. The van der Waals surface area contributed by atoms with E-state index in [1.54, 1.807) is 25.1 Å². The molecule has 0 saturated carbocycles. The molecular formula is C24H19ClFN3O5S. The van der Waals surface area contributed by atoms with E-state index in [1.165, 1.54) is 24.3 Å². The summed E-state index contributed by atoms with van der Waals surface area (Å²) in [4.78, 5) is 53.8. The van der Waals surface area contributed by atoms with Crippen LogP contribution in [0.1, 0.15) is 27.7 Å². The van der Waals surface area contributed by atoms with Gasteiger partial charge < -0.3 is 15.0 Å². The normalized spacial score (nSPS) is 11.1. The van der Waals surface area contributed by atoms with Crippen molar-refractivity contribution in [1.82, 2.24) is 14.5 Å². The number of carboxylic acid groups (broad SMARTS) is 1. The molecule has 2 aromatic heterocycles. The van der Waals surface area contributed by atoms with E-state index in [4.69, 9.17) is 11.6 Å². The fraction of sp³-hybridized carbons (Fsp3) is 0.167. The Morgan fingerprint density at radius 1 is 1.14 bits per heavy atom. The van der Waals surface area contributed by atoms with E-state index < -0.39 is 35.5 Å². The summed E-state index contributed by atoms with van der Waals surface area (Å²) >= 11 is 6.94. The van der Waals surface area contributed by atoms with Crippen LogP contribution in [0.2, 0.25) is 4.34 Å². The number of amides is 1. The van der Waals surface area contributed by atoms with Crippen molar-refractivity contribution in [3.05, 3.63) is 95.5 Å². The van der Waals surface area contributed by atoms with Gasteiger partial charge in [-0.25, -0.2) is 13.8 Å². The molecule has 0 aliphatic carbocycles. The van der Waals surface area contributed by atoms with Gasteiger partial charge in [-0.2, -0.15) is 0 Å². The average Bonchev–Trinajstić information content (AvgIpc) is 3.25. The molecule has 8 nitrogen and oxygen atoms in total. The predicted octanol–water partition coefficient (Wildman–Crippen LogP) is 3.82. The molecule has 0 atom stereocenters. The molecule has 11 heteroatoms. The number of nitrogens with one attached hydrogen (secondary N) is 1. The largest absolute Gasteiger partial charge is 0.480 e. The molecule has 2 N–H and O–H groups in total. The molecule has 0 radical (unpaired) electrons. The van der Waals surface area contributed by atoms with E-state index in [9.17, 15) is 28.7 Å². The van der Waals surface area contributed by atoms with E-state index in [-0.39, 0.29) is 23.1 Å². The number of thiophene rings is 1. The minimum absolute atomic E-state index is 0.0189. The van der Waals surface area contributed by atoms with Crippen molar-refractivity contribution >= 4 is 45.7 Å². The first kappa shape index (κ1) is 24.4. The summed E-state index contributed by atoms with van der Waals surface area (Å²) in [7, 11) is 0. The minimum atomic E-state index is -1.18. The third kappa shape index (κ3) is 5.03. The van der Waals surface area contributed by atoms with Crippen LogP contribution >= 0.6 is 22.9 Å². The van der Waals surface area contributed by atoms with Gasteiger partial charge in [-0.1, -0.05) is 30.7 Å². The lowest BCUT2D eigenvalue weighted by molar-refractivity contribution is -0.137. The van der Waals surface area contributed by atoms with E-state index in [0.29, 0.717) is 26.8 Å². The molecule has 1 amide bonds. The van der Waals surface area contributed by atoms with Gasteiger partial charge in [-0.05, 0) is 53.9 Å². The predicted molar refractivity (Wildman–Crippen MR) is 131 cm³/mol. The summed E-state index contributed by atoms with van der Waals surface area (Å²) in [5, 5.41) is 9.27. The Kier molecular flexibility index (Phi) is 6.86. The zero-order valence-electron chi connectivity index (χ0n) is 18.4. The van der Waals surface area contributed by atoms with Crippen molar-refractivity contribution in [3.8, 4) is 5.69 Å². The highest BCUT2D eigenvalue weighted by Crippen LogP contribution is 2.23. The van der Waals surface area contributed by atoms with Gasteiger partial charge >= 0.3 is 11.7 Å². The highest BCUT2D eigenvalue weighted by molar-refractivity contribution is 7.17. The molecule has 4 aromatic rings. The van der Waals surface area contributed by atoms with Crippen LogP contribution in [0.3, 0.4) is 0 Å². The maximum atomic E-state index is 14.3. The van der Waals surface area contributed by atoms with Crippen molar-refractivity contribution < 1.29 is 19.1 Å². The Morgan fingerprint density at radius 2 is 1.86 bits per heavy atom. The van der Waals surface area contributed by atoms with Gasteiger partial charge in [0.2, 0.25) is 0 Å². The summed E-state index contributed by atoms with van der Waals surface area (Å²) in [6.45, 7) is 1.23. The van der Waals surface area contributed by atoms with Gasteiger partial charge in [0.05, 0.1) is 25.8 Å². The number of aliphatic carboxylic acids is 1. The second kappa shape index (κ2) is 9.85. The van der Waals surface area contributed by atoms with Crippen molar-refractivity contribution in [3.63, 3.8) is 0 Å². The fourth-order valence-electron chi connectivity index (χ4n) is 3.71. The number of aromatic amines is 1. The summed E-state index contributed by atoms with van der Waals surface area (Å²) in [6, 6.07) is 11.8. The number of benzene rings is 2. The summed E-state index contributed by atoms with van der Waals surface area (Å²) in [6.07, 6.45) is 0.412. The van der Waals surface area contributed by atoms with Crippen LogP contribution in [0.4, 0.5) is 4.39 Å². The molecular weight excluding hydrogens is 497 g/mol. The van der Waals surface area contributed by atoms with Crippen LogP contribution in [0.25, 0.3) is 16.6 Å². The Bertz CT molecular complexity index is 1560. The maximum absolute atomic E-state index is 14.3. The van der Waals surface area contributed by atoms with Gasteiger partial charge in [0.1, 0.15) is 12.4 Å². The molecule has 180 valence electrons. The highest BCUT2D eigenvalue weighted by atomic mass is 35.5. The number of carbonyl (C=O) groups is 2. The second-order valence-electron chi connectivity index (χ2n) is 7.74. The van der Waals surface area contributed by atoms with E-state index >= 15 is 0 Å². The number of fused-ring (bicyclic) bond motifs is 1. The van der Waals surface area contributed by atoms with Gasteiger partial charge in [0, 0.05) is 6.54 Å². The number of rotatable bonds is 7. The molecule has 0 saturated heterocycles. The number of carbonyl (C=O) groups excluding carboxylic acids is 1. The van der Waals surface area contributed by atoms with Gasteiger partial charge in [0.25, 0.3) is 11.5 Å². The lowest BCUT2D eigenvalue weighted by Crippen LogP contribution is -2.35. The Balaban J connectivity index is 1.66.